The van der Waals surface area contributed by atoms with Crippen LogP contribution in [0.4, 0.5) is 24.9 Å². The van der Waals surface area contributed by atoms with E-state index in [-0.39, 0.29) is 40.3 Å². The monoisotopic (exact) mass is 499 g/mol. The molecule has 0 saturated heterocycles. The maximum absolute atomic E-state index is 12.7. The van der Waals surface area contributed by atoms with Gasteiger partial charge in [0.05, 0.1) is 12.6 Å². The molecule has 4 N–H and O–H groups in total. The maximum Gasteiger partial charge on any atom is 0.405 e. The lowest BCUT2D eigenvalue weighted by Crippen LogP contribution is -2.37. The lowest BCUT2D eigenvalue weighted by atomic mass is 10.1. The van der Waals surface area contributed by atoms with E-state index in [9.17, 15) is 33.1 Å². The van der Waals surface area contributed by atoms with Crippen molar-refractivity contribution in [3.8, 4) is 6.07 Å². The third kappa shape index (κ3) is 7.03. The van der Waals surface area contributed by atoms with Gasteiger partial charge in [-0.25, -0.2) is 4.98 Å². The standard InChI is InChI=1S/C20H24F3N7O3S/c1-4-30-17(33)14(34-18(30)12(7-24)16(32)27-10-20(21,22)23)8-26-19-25-6-5-15(29-19)28-13(9-31)11(2)3/h5-6,8,11,13,31H,4,9-10H2,1-3H3,(H,27,32)(H2,25,26,28,29)/t13-/m0/s1. The van der Waals surface area contributed by atoms with Crippen molar-refractivity contribution in [1.29, 1.82) is 5.26 Å². The highest BCUT2D eigenvalue weighted by molar-refractivity contribution is 7.07. The van der Waals surface area contributed by atoms with Gasteiger partial charge in [-0.2, -0.15) is 23.4 Å². The number of aromatic nitrogens is 3. The van der Waals surface area contributed by atoms with E-state index < -0.39 is 29.8 Å². The van der Waals surface area contributed by atoms with Crippen molar-refractivity contribution in [1.82, 2.24) is 19.9 Å². The second-order valence-electron chi connectivity index (χ2n) is 7.34. The van der Waals surface area contributed by atoms with Gasteiger partial charge in [-0.15, -0.1) is 11.3 Å². The maximum atomic E-state index is 12.7. The summed E-state index contributed by atoms with van der Waals surface area (Å²) in [4.78, 5) is 33.2. The van der Waals surface area contributed by atoms with Crippen molar-refractivity contribution in [3.05, 3.63) is 31.8 Å². The molecule has 2 rings (SSSR count). The molecule has 0 aliphatic carbocycles. The first-order valence-corrected chi connectivity index (χ1v) is 11.0. The first-order valence-electron chi connectivity index (χ1n) is 10.2. The Balaban J connectivity index is 2.40. The summed E-state index contributed by atoms with van der Waals surface area (Å²) in [6.45, 7) is 3.86. The number of nitrogens with zero attached hydrogens (tertiary/aromatic N) is 4. The summed E-state index contributed by atoms with van der Waals surface area (Å²) >= 11 is 0.773. The van der Waals surface area contributed by atoms with Crippen molar-refractivity contribution in [3.63, 3.8) is 0 Å². The molecule has 2 aromatic heterocycles. The van der Waals surface area contributed by atoms with Gasteiger partial charge < -0.3 is 21.1 Å². The Hall–Kier alpha value is -3.44. The average Bonchev–Trinajstić information content (AvgIpc) is 3.09. The molecule has 0 aliphatic rings. The molecule has 1 amide bonds. The molecule has 0 spiro atoms. The Labute approximate surface area is 196 Å². The highest BCUT2D eigenvalue weighted by Gasteiger charge is 2.28. The minimum absolute atomic E-state index is 0.0678. The fourth-order valence-electron chi connectivity index (χ4n) is 2.71. The molecule has 0 saturated carbocycles. The number of nitrogens with one attached hydrogen (secondary N) is 3. The van der Waals surface area contributed by atoms with E-state index in [0.29, 0.717) is 5.82 Å². The fourth-order valence-corrected chi connectivity index (χ4v) is 3.80. The molecule has 34 heavy (non-hydrogen) atoms. The number of alkyl halides is 3. The smallest absolute Gasteiger partial charge is 0.394 e. The fraction of sp³-hybridized carbons (Fsp3) is 0.450. The Bertz CT molecular complexity index is 1230. The second kappa shape index (κ2) is 11.6. The summed E-state index contributed by atoms with van der Waals surface area (Å²) in [5.41, 5.74) is -1.14. The van der Waals surface area contributed by atoms with E-state index in [0.717, 1.165) is 15.9 Å². The van der Waals surface area contributed by atoms with Crippen molar-refractivity contribution in [2.75, 3.05) is 23.8 Å². The van der Waals surface area contributed by atoms with Crippen LogP contribution >= 0.6 is 11.3 Å². The molecule has 2 aromatic rings. The van der Waals surface area contributed by atoms with Gasteiger partial charge in [-0.3, -0.25) is 14.2 Å². The number of anilines is 2. The van der Waals surface area contributed by atoms with Gasteiger partial charge >= 0.3 is 6.18 Å². The summed E-state index contributed by atoms with van der Waals surface area (Å²) in [6.07, 6.45) is -1.89. The van der Waals surface area contributed by atoms with Crippen LogP contribution in [0.3, 0.4) is 0 Å². The highest BCUT2D eigenvalue weighted by atomic mass is 32.1. The van der Waals surface area contributed by atoms with Crippen LogP contribution in [-0.4, -0.2) is 50.9 Å². The summed E-state index contributed by atoms with van der Waals surface area (Å²) in [7, 11) is 0. The Morgan fingerprint density at radius 1 is 1.41 bits per heavy atom. The van der Waals surface area contributed by atoms with E-state index in [2.05, 4.69) is 20.6 Å². The van der Waals surface area contributed by atoms with E-state index in [1.54, 1.807) is 24.4 Å². The zero-order chi connectivity index (χ0) is 25.5. The molecule has 2 heterocycles. The molecule has 10 nitrogen and oxygen atoms in total. The largest absolute Gasteiger partial charge is 0.405 e. The van der Waals surface area contributed by atoms with E-state index >= 15 is 0 Å². The number of aliphatic hydroxyl groups excluding tert-OH is 1. The quantitative estimate of drug-likeness (QED) is 0.387. The zero-order valence-corrected chi connectivity index (χ0v) is 19.4. The third-order valence-electron chi connectivity index (χ3n) is 4.55. The minimum atomic E-state index is -4.64. The predicted molar refractivity (Wildman–Crippen MR) is 121 cm³/mol. The first kappa shape index (κ1) is 26.8. The van der Waals surface area contributed by atoms with Gasteiger partial charge in [0.15, 0.2) is 5.57 Å². The van der Waals surface area contributed by atoms with Gasteiger partial charge in [0.1, 0.15) is 27.6 Å². The summed E-state index contributed by atoms with van der Waals surface area (Å²) in [5, 5.41) is 26.3. The summed E-state index contributed by atoms with van der Waals surface area (Å²) in [6, 6.07) is 2.96. The minimum Gasteiger partial charge on any atom is -0.394 e. The average molecular weight is 500 g/mol. The number of carbonyl (C=O) groups excluding carboxylic acids is 1. The van der Waals surface area contributed by atoms with Gasteiger partial charge in [0.25, 0.3) is 11.5 Å². The Kier molecular flexibility index (Phi) is 9.16. The topological polar surface area (TPSA) is 145 Å². The number of aliphatic hydroxyl groups is 1. The van der Waals surface area contributed by atoms with Crippen LogP contribution in [0.5, 0.6) is 0 Å². The summed E-state index contributed by atoms with van der Waals surface area (Å²) < 4.78 is 38.4. The molecule has 0 fully saturated rings. The Morgan fingerprint density at radius 2 is 2.12 bits per heavy atom. The molecule has 0 radical (unpaired) electrons. The number of halogens is 3. The van der Waals surface area contributed by atoms with Gasteiger partial charge in [-0.05, 0) is 18.9 Å². The number of hydrogen-bond acceptors (Lipinski definition) is 9. The highest BCUT2D eigenvalue weighted by Crippen LogP contribution is 2.13. The molecular formula is C20H24F3N7O3S. The van der Waals surface area contributed by atoms with E-state index in [1.807, 2.05) is 13.8 Å². The van der Waals surface area contributed by atoms with Crippen molar-refractivity contribution in [2.24, 2.45) is 5.92 Å². The number of amides is 1. The number of nitriles is 1. The molecule has 1 atom stereocenters. The molecule has 0 aliphatic heterocycles. The molecule has 184 valence electrons. The summed E-state index contributed by atoms with van der Waals surface area (Å²) in [5.74, 6) is -0.513. The third-order valence-corrected chi connectivity index (χ3v) is 5.68. The lowest BCUT2D eigenvalue weighted by Gasteiger charge is -2.20. The van der Waals surface area contributed by atoms with Crippen LogP contribution in [0.1, 0.15) is 20.8 Å². The SMILES string of the molecule is CCn1c(=C(C#N)C(=O)NCC(F)(F)F)sc(=CNc2nccc(N[C@@H](CO)C(C)C)n2)c1=O. The number of rotatable bonds is 9. The van der Waals surface area contributed by atoms with Crippen LogP contribution in [0, 0.1) is 17.2 Å². The van der Waals surface area contributed by atoms with Gasteiger partial charge in [0.2, 0.25) is 5.95 Å². The number of carbonyl (C=O) groups is 1. The Morgan fingerprint density at radius 3 is 2.68 bits per heavy atom. The van der Waals surface area contributed by atoms with Crippen LogP contribution in [0.2, 0.25) is 0 Å². The first-order chi connectivity index (χ1) is 16.0. The molecular weight excluding hydrogens is 475 g/mol. The predicted octanol–water partition coefficient (Wildman–Crippen LogP) is 0.351. The van der Waals surface area contributed by atoms with Crippen LogP contribution in [-0.2, 0) is 11.3 Å². The normalized spacial score (nSPS) is 13.9. The van der Waals surface area contributed by atoms with Crippen molar-refractivity contribution < 1.29 is 23.1 Å². The second-order valence-corrected chi connectivity index (χ2v) is 8.37. The van der Waals surface area contributed by atoms with Gasteiger partial charge in [-0.1, -0.05) is 13.8 Å². The zero-order valence-electron chi connectivity index (χ0n) is 18.6. The number of hydrogen-bond donors (Lipinski definition) is 4. The molecule has 0 aromatic carbocycles. The van der Waals surface area contributed by atoms with E-state index in [1.165, 1.54) is 12.4 Å². The number of thiazole rings is 1. The van der Waals surface area contributed by atoms with E-state index in [4.69, 9.17) is 0 Å². The lowest BCUT2D eigenvalue weighted by molar-refractivity contribution is -0.135. The molecule has 0 bridgehead atoms. The molecule has 0 unspecified atom stereocenters. The van der Waals surface area contributed by atoms with Gasteiger partial charge in [0, 0.05) is 18.9 Å². The van der Waals surface area contributed by atoms with Crippen LogP contribution in [0.15, 0.2) is 17.1 Å². The van der Waals surface area contributed by atoms with Crippen molar-refractivity contribution >= 4 is 40.8 Å². The van der Waals surface area contributed by atoms with Crippen LogP contribution in [0.25, 0.3) is 11.8 Å². The molecule has 14 heteroatoms. The van der Waals surface area contributed by atoms with Crippen LogP contribution < -0.4 is 30.7 Å². The van der Waals surface area contributed by atoms with Crippen molar-refractivity contribution in [2.45, 2.75) is 39.5 Å².